The Morgan fingerprint density at radius 2 is 1.79 bits per heavy atom. The Labute approximate surface area is 212 Å². The predicted octanol–water partition coefficient (Wildman–Crippen LogP) is 2.94. The Bertz CT molecular complexity index is 978. The number of hydrogen-bond acceptors (Lipinski definition) is 3. The van der Waals surface area contributed by atoms with E-state index in [1.165, 1.54) is 23.3 Å². The lowest BCUT2D eigenvalue weighted by molar-refractivity contribution is -0.140. The molecule has 176 valence electrons. The highest BCUT2D eigenvalue weighted by atomic mass is 127. The zero-order valence-corrected chi connectivity index (χ0v) is 21.4. The number of carbonyl (C=O) groups excluding carboxylic acids is 2. The van der Waals surface area contributed by atoms with E-state index in [0.29, 0.717) is 24.9 Å². The van der Waals surface area contributed by atoms with Crippen LogP contribution >= 0.6 is 24.0 Å². The fraction of sp³-hybridized carbons (Fsp3) is 0.577. The summed E-state index contributed by atoms with van der Waals surface area (Å²) in [7, 11) is 1.79. The van der Waals surface area contributed by atoms with Gasteiger partial charge in [0.15, 0.2) is 5.96 Å². The number of nitrogens with one attached hydrogen (secondary N) is 2. The third-order valence-corrected chi connectivity index (χ3v) is 8.63. The molecule has 5 aliphatic rings. The highest BCUT2D eigenvalue weighted by molar-refractivity contribution is 14.0. The second kappa shape index (κ2) is 9.04. The van der Waals surface area contributed by atoms with Crippen LogP contribution in [-0.4, -0.2) is 49.4 Å². The summed E-state index contributed by atoms with van der Waals surface area (Å²) in [5, 5.41) is 6.86. The van der Waals surface area contributed by atoms with E-state index in [0.717, 1.165) is 31.3 Å². The van der Waals surface area contributed by atoms with Gasteiger partial charge >= 0.3 is 0 Å². The van der Waals surface area contributed by atoms with Gasteiger partial charge in [-0.05, 0) is 66.4 Å². The number of imide groups is 1. The molecule has 7 heteroatoms. The Morgan fingerprint density at radius 3 is 2.52 bits per heavy atom. The molecule has 2 amide bonds. The van der Waals surface area contributed by atoms with Crippen molar-refractivity contribution in [2.45, 2.75) is 31.6 Å². The first-order valence-corrected chi connectivity index (χ1v) is 12.2. The average molecular weight is 560 g/mol. The van der Waals surface area contributed by atoms with Gasteiger partial charge in [-0.1, -0.05) is 36.4 Å². The number of nitrogens with zero attached hydrogens (tertiary/aromatic N) is 2. The topological polar surface area (TPSA) is 73.8 Å². The molecule has 6 nitrogen and oxygen atoms in total. The Balaban J connectivity index is 0.00000228. The van der Waals surface area contributed by atoms with Gasteiger partial charge in [0.25, 0.3) is 0 Å². The van der Waals surface area contributed by atoms with E-state index in [-0.39, 0.29) is 59.5 Å². The number of aryl methyl sites for hydroxylation is 1. The lowest BCUT2D eigenvalue weighted by atomic mass is 9.85. The van der Waals surface area contributed by atoms with Gasteiger partial charge in [0.1, 0.15) is 0 Å². The van der Waals surface area contributed by atoms with E-state index in [1.807, 2.05) is 0 Å². The summed E-state index contributed by atoms with van der Waals surface area (Å²) in [6, 6.07) is 8.89. The van der Waals surface area contributed by atoms with Gasteiger partial charge in [0, 0.05) is 26.7 Å². The number of halogens is 1. The van der Waals surface area contributed by atoms with E-state index in [1.54, 1.807) is 12.6 Å². The van der Waals surface area contributed by atoms with Crippen LogP contribution in [0.5, 0.6) is 0 Å². The lowest BCUT2D eigenvalue weighted by Gasteiger charge is -2.18. The number of benzene rings is 1. The molecule has 1 saturated heterocycles. The molecule has 0 aromatic heterocycles. The van der Waals surface area contributed by atoms with Crippen LogP contribution < -0.4 is 10.6 Å². The van der Waals surface area contributed by atoms with Gasteiger partial charge in [0.2, 0.25) is 11.8 Å². The number of fused-ring (bicyclic) bond motifs is 8. The van der Waals surface area contributed by atoms with Crippen molar-refractivity contribution in [3.05, 3.63) is 47.5 Å². The van der Waals surface area contributed by atoms with E-state index in [2.05, 4.69) is 52.0 Å². The van der Waals surface area contributed by atoms with Crippen molar-refractivity contribution in [2.75, 3.05) is 26.7 Å². The minimum atomic E-state index is -0.0907. The maximum atomic E-state index is 12.8. The van der Waals surface area contributed by atoms with Crippen LogP contribution in [0.15, 0.2) is 41.4 Å². The van der Waals surface area contributed by atoms with Gasteiger partial charge in [-0.15, -0.1) is 24.0 Å². The summed E-state index contributed by atoms with van der Waals surface area (Å²) in [6.07, 6.45) is 8.50. The second-order valence-electron chi connectivity index (χ2n) is 10.2. The maximum Gasteiger partial charge on any atom is 0.233 e. The second-order valence-corrected chi connectivity index (χ2v) is 10.2. The van der Waals surface area contributed by atoms with Gasteiger partial charge in [-0.25, -0.2) is 0 Å². The van der Waals surface area contributed by atoms with Crippen LogP contribution in [0, 0.1) is 35.5 Å². The number of guanidine groups is 1. The standard InChI is InChI=1S/C26H32N4O2.HI/c1-27-26(29-14-20-19-10-9-15-5-2-3-6-18(15)23(19)20)28-11-4-12-30-24(31)21-16-7-8-17(13-16)22(21)25(30)32;/h2-3,5-8,16-17,19-23H,4,9-14H2,1H3,(H2,27,28,29);1H. The molecule has 7 atom stereocenters. The molecule has 1 heterocycles. The predicted molar refractivity (Wildman–Crippen MR) is 138 cm³/mol. The lowest BCUT2D eigenvalue weighted by Crippen LogP contribution is -2.40. The van der Waals surface area contributed by atoms with Crippen molar-refractivity contribution < 1.29 is 9.59 Å². The number of hydrogen-bond donors (Lipinski definition) is 2. The van der Waals surface area contributed by atoms with Crippen molar-refractivity contribution in [1.82, 2.24) is 15.5 Å². The van der Waals surface area contributed by atoms with Crippen LogP contribution in [0.4, 0.5) is 0 Å². The molecule has 2 N–H and O–H groups in total. The number of amides is 2. The summed E-state index contributed by atoms with van der Waals surface area (Å²) in [4.78, 5) is 31.4. The highest BCUT2D eigenvalue weighted by Crippen LogP contribution is 2.59. The first-order valence-electron chi connectivity index (χ1n) is 12.2. The molecule has 4 aliphatic carbocycles. The van der Waals surface area contributed by atoms with Gasteiger partial charge < -0.3 is 10.6 Å². The first kappa shape index (κ1) is 22.9. The highest BCUT2D eigenvalue weighted by Gasteiger charge is 2.59. The number of likely N-dealkylation sites (tertiary alicyclic amines) is 1. The Hall–Kier alpha value is -1.90. The van der Waals surface area contributed by atoms with Crippen LogP contribution in [-0.2, 0) is 16.0 Å². The molecule has 1 aliphatic heterocycles. The fourth-order valence-corrected chi connectivity index (χ4v) is 7.05. The zero-order chi connectivity index (χ0) is 21.8. The van der Waals surface area contributed by atoms with E-state index in [9.17, 15) is 9.59 Å². The van der Waals surface area contributed by atoms with Gasteiger partial charge in [0.05, 0.1) is 11.8 Å². The summed E-state index contributed by atoms with van der Waals surface area (Å²) in [5.74, 6) is 3.47. The van der Waals surface area contributed by atoms with Crippen molar-refractivity contribution in [3.63, 3.8) is 0 Å². The quantitative estimate of drug-likeness (QED) is 0.140. The van der Waals surface area contributed by atoms with Gasteiger partial charge in [-0.2, -0.15) is 0 Å². The number of aliphatic imine (C=N–C) groups is 1. The third-order valence-electron chi connectivity index (χ3n) is 8.63. The normalized spacial score (nSPS) is 35.1. The van der Waals surface area contributed by atoms with E-state index in [4.69, 9.17) is 0 Å². The van der Waals surface area contributed by atoms with Crippen molar-refractivity contribution in [2.24, 2.45) is 40.5 Å². The van der Waals surface area contributed by atoms with Crippen molar-refractivity contribution in [3.8, 4) is 0 Å². The molecule has 1 aromatic rings. The van der Waals surface area contributed by atoms with E-state index < -0.39 is 0 Å². The zero-order valence-electron chi connectivity index (χ0n) is 19.1. The minimum Gasteiger partial charge on any atom is -0.356 e. The number of carbonyl (C=O) groups is 2. The summed E-state index contributed by atoms with van der Waals surface area (Å²) < 4.78 is 0. The summed E-state index contributed by atoms with van der Waals surface area (Å²) in [6.45, 7) is 2.13. The van der Waals surface area contributed by atoms with Crippen molar-refractivity contribution >= 4 is 41.8 Å². The van der Waals surface area contributed by atoms with Crippen LogP contribution in [0.25, 0.3) is 0 Å². The molecule has 6 rings (SSSR count). The molecule has 0 spiro atoms. The average Bonchev–Trinajstić information content (AvgIpc) is 3.07. The monoisotopic (exact) mass is 560 g/mol. The Kier molecular flexibility index (Phi) is 6.27. The molecule has 3 fully saturated rings. The van der Waals surface area contributed by atoms with Crippen LogP contribution in [0.1, 0.15) is 36.3 Å². The largest absolute Gasteiger partial charge is 0.356 e. The summed E-state index contributed by atoms with van der Waals surface area (Å²) >= 11 is 0. The molecule has 1 aromatic carbocycles. The molecular weight excluding hydrogens is 527 g/mol. The fourth-order valence-electron chi connectivity index (χ4n) is 7.05. The van der Waals surface area contributed by atoms with Gasteiger partial charge in [-0.3, -0.25) is 19.5 Å². The van der Waals surface area contributed by atoms with Crippen LogP contribution in [0.2, 0.25) is 0 Å². The molecule has 0 radical (unpaired) electrons. The molecular formula is C26H33IN4O2. The SMILES string of the molecule is CN=C(NCCCN1C(=O)C2C3C=CC(C3)C2C1=O)NCC1C2CCc3ccccc3C21.I. The Morgan fingerprint density at radius 1 is 1.06 bits per heavy atom. The number of rotatable bonds is 6. The first-order chi connectivity index (χ1) is 15.7. The molecule has 7 unspecified atom stereocenters. The third kappa shape index (κ3) is 3.80. The smallest absolute Gasteiger partial charge is 0.233 e. The van der Waals surface area contributed by atoms with Crippen molar-refractivity contribution in [1.29, 1.82) is 0 Å². The van der Waals surface area contributed by atoms with E-state index >= 15 is 0 Å². The molecule has 2 saturated carbocycles. The molecule has 33 heavy (non-hydrogen) atoms. The molecule has 2 bridgehead atoms. The van der Waals surface area contributed by atoms with Crippen LogP contribution in [0.3, 0.4) is 0 Å². The number of allylic oxidation sites excluding steroid dienone is 2. The summed E-state index contributed by atoms with van der Waals surface area (Å²) in [5.41, 5.74) is 3.07. The minimum absolute atomic E-state index is 0. The maximum absolute atomic E-state index is 12.8.